The van der Waals surface area contributed by atoms with Gasteiger partial charge in [0.25, 0.3) is 0 Å². The molecule has 3 nitrogen and oxygen atoms in total. The number of rotatable bonds is 3. The van der Waals surface area contributed by atoms with Crippen LogP contribution in [0.3, 0.4) is 0 Å². The first kappa shape index (κ1) is 13.1. The van der Waals surface area contributed by atoms with Gasteiger partial charge in [0, 0.05) is 11.3 Å². The Morgan fingerprint density at radius 3 is 2.14 bits per heavy atom. The second-order valence-corrected chi connectivity index (χ2v) is 4.75. The molecule has 0 saturated heterocycles. The Morgan fingerprint density at radius 1 is 0.667 bits per heavy atom. The highest BCUT2D eigenvalue weighted by molar-refractivity contribution is 5.78. The van der Waals surface area contributed by atoms with Gasteiger partial charge in [0.1, 0.15) is 5.75 Å². The Labute approximate surface area is 123 Å². The lowest BCUT2D eigenvalue weighted by molar-refractivity contribution is 0.485. The maximum Gasteiger partial charge on any atom is 0.150 e. The standard InChI is InChI=1S/C18H16N2O/c19-16-9-5-4-8-15(16)13-10-11-17(20)18(12-13)21-14-6-2-1-3-7-14/h1-12H,19-20H2. The van der Waals surface area contributed by atoms with E-state index in [0.717, 1.165) is 22.6 Å². The van der Waals surface area contributed by atoms with Crippen molar-refractivity contribution in [2.45, 2.75) is 0 Å². The predicted octanol–water partition coefficient (Wildman–Crippen LogP) is 4.31. The minimum atomic E-state index is 0.595. The molecule has 4 N–H and O–H groups in total. The molecule has 104 valence electrons. The average molecular weight is 276 g/mol. The summed E-state index contributed by atoms with van der Waals surface area (Å²) in [7, 11) is 0. The molecule has 0 bridgehead atoms. The minimum Gasteiger partial charge on any atom is -0.455 e. The first-order chi connectivity index (χ1) is 10.2. The van der Waals surface area contributed by atoms with Crippen LogP contribution in [-0.2, 0) is 0 Å². The second kappa shape index (κ2) is 5.59. The maximum atomic E-state index is 6.02. The fraction of sp³-hybridized carbons (Fsp3) is 0. The van der Waals surface area contributed by atoms with Gasteiger partial charge in [-0.25, -0.2) is 0 Å². The summed E-state index contributed by atoms with van der Waals surface area (Å²) < 4.78 is 5.85. The molecular weight excluding hydrogens is 260 g/mol. The lowest BCUT2D eigenvalue weighted by atomic mass is 10.0. The fourth-order valence-corrected chi connectivity index (χ4v) is 2.17. The molecule has 3 aromatic carbocycles. The molecule has 0 aliphatic rings. The van der Waals surface area contributed by atoms with Crippen LogP contribution in [0.5, 0.6) is 11.5 Å². The lowest BCUT2D eigenvalue weighted by Gasteiger charge is -2.11. The Hall–Kier alpha value is -2.94. The molecule has 0 spiro atoms. The quantitative estimate of drug-likeness (QED) is 0.701. The van der Waals surface area contributed by atoms with E-state index >= 15 is 0 Å². The van der Waals surface area contributed by atoms with E-state index < -0.39 is 0 Å². The Bertz CT molecular complexity index is 754. The van der Waals surface area contributed by atoms with Crippen LogP contribution in [0.25, 0.3) is 11.1 Å². The first-order valence-corrected chi connectivity index (χ1v) is 6.71. The molecule has 0 radical (unpaired) electrons. The molecule has 0 aromatic heterocycles. The van der Waals surface area contributed by atoms with E-state index in [1.165, 1.54) is 0 Å². The summed E-state index contributed by atoms with van der Waals surface area (Å²) in [6.45, 7) is 0. The number of hydrogen-bond donors (Lipinski definition) is 2. The number of para-hydroxylation sites is 2. The van der Waals surface area contributed by atoms with Crippen LogP contribution in [0.15, 0.2) is 72.8 Å². The van der Waals surface area contributed by atoms with E-state index in [2.05, 4.69) is 0 Å². The number of anilines is 2. The van der Waals surface area contributed by atoms with Crippen LogP contribution in [-0.4, -0.2) is 0 Å². The minimum absolute atomic E-state index is 0.595. The number of nitrogen functional groups attached to an aromatic ring is 2. The number of hydrogen-bond acceptors (Lipinski definition) is 3. The van der Waals surface area contributed by atoms with Crippen molar-refractivity contribution in [3.05, 3.63) is 72.8 Å². The SMILES string of the molecule is Nc1ccc(-c2ccccc2N)cc1Oc1ccccc1. The molecule has 21 heavy (non-hydrogen) atoms. The van der Waals surface area contributed by atoms with Crippen molar-refractivity contribution in [3.8, 4) is 22.6 Å². The Balaban J connectivity index is 1.99. The van der Waals surface area contributed by atoms with Crippen LogP contribution in [0.2, 0.25) is 0 Å². The van der Waals surface area contributed by atoms with Crippen LogP contribution < -0.4 is 16.2 Å². The largest absolute Gasteiger partial charge is 0.455 e. The highest BCUT2D eigenvalue weighted by Crippen LogP contribution is 2.34. The molecule has 3 rings (SSSR count). The highest BCUT2D eigenvalue weighted by Gasteiger charge is 2.07. The smallest absolute Gasteiger partial charge is 0.150 e. The molecule has 0 aliphatic carbocycles. The summed E-state index contributed by atoms with van der Waals surface area (Å²) >= 11 is 0. The van der Waals surface area contributed by atoms with Crippen molar-refractivity contribution in [1.29, 1.82) is 0 Å². The molecule has 3 heteroatoms. The van der Waals surface area contributed by atoms with E-state index in [-0.39, 0.29) is 0 Å². The summed E-state index contributed by atoms with van der Waals surface area (Å²) in [4.78, 5) is 0. The number of ether oxygens (including phenoxy) is 1. The van der Waals surface area contributed by atoms with E-state index in [4.69, 9.17) is 16.2 Å². The van der Waals surface area contributed by atoms with Gasteiger partial charge in [-0.2, -0.15) is 0 Å². The average Bonchev–Trinajstić information content (AvgIpc) is 2.51. The van der Waals surface area contributed by atoms with Crippen molar-refractivity contribution in [3.63, 3.8) is 0 Å². The molecule has 0 unspecified atom stereocenters. The third-order valence-corrected chi connectivity index (χ3v) is 3.26. The summed E-state index contributed by atoms with van der Waals surface area (Å²) in [6.07, 6.45) is 0. The molecule has 3 aromatic rings. The van der Waals surface area contributed by atoms with Gasteiger partial charge in [-0.15, -0.1) is 0 Å². The van der Waals surface area contributed by atoms with Gasteiger partial charge in [-0.05, 0) is 35.9 Å². The molecule has 0 heterocycles. The topological polar surface area (TPSA) is 61.3 Å². The zero-order valence-electron chi connectivity index (χ0n) is 11.5. The number of nitrogens with two attached hydrogens (primary N) is 2. The van der Waals surface area contributed by atoms with Gasteiger partial charge in [-0.1, -0.05) is 42.5 Å². The fourth-order valence-electron chi connectivity index (χ4n) is 2.17. The van der Waals surface area contributed by atoms with Crippen molar-refractivity contribution in [2.75, 3.05) is 11.5 Å². The molecule has 0 amide bonds. The van der Waals surface area contributed by atoms with Gasteiger partial charge in [0.2, 0.25) is 0 Å². The van der Waals surface area contributed by atoms with Crippen molar-refractivity contribution in [1.82, 2.24) is 0 Å². The zero-order valence-corrected chi connectivity index (χ0v) is 11.5. The maximum absolute atomic E-state index is 6.02. The highest BCUT2D eigenvalue weighted by atomic mass is 16.5. The van der Waals surface area contributed by atoms with Crippen LogP contribution in [0.4, 0.5) is 11.4 Å². The molecular formula is C18H16N2O. The van der Waals surface area contributed by atoms with Crippen LogP contribution in [0.1, 0.15) is 0 Å². The van der Waals surface area contributed by atoms with E-state index in [1.807, 2.05) is 72.8 Å². The van der Waals surface area contributed by atoms with Gasteiger partial charge < -0.3 is 16.2 Å². The molecule has 0 fully saturated rings. The monoisotopic (exact) mass is 276 g/mol. The Morgan fingerprint density at radius 2 is 1.38 bits per heavy atom. The summed E-state index contributed by atoms with van der Waals surface area (Å²) in [5.41, 5.74) is 15.3. The molecule has 0 atom stereocenters. The van der Waals surface area contributed by atoms with Gasteiger partial charge in [0.15, 0.2) is 5.75 Å². The normalized spacial score (nSPS) is 10.3. The van der Waals surface area contributed by atoms with Gasteiger partial charge >= 0.3 is 0 Å². The van der Waals surface area contributed by atoms with Crippen molar-refractivity contribution in [2.24, 2.45) is 0 Å². The zero-order chi connectivity index (χ0) is 14.7. The third-order valence-electron chi connectivity index (χ3n) is 3.26. The lowest BCUT2D eigenvalue weighted by Crippen LogP contribution is -1.94. The summed E-state index contributed by atoms with van der Waals surface area (Å²) in [5, 5.41) is 0. The van der Waals surface area contributed by atoms with Crippen molar-refractivity contribution < 1.29 is 4.74 Å². The molecule has 0 aliphatic heterocycles. The third kappa shape index (κ3) is 2.82. The van der Waals surface area contributed by atoms with Gasteiger partial charge in [0.05, 0.1) is 5.69 Å². The first-order valence-electron chi connectivity index (χ1n) is 6.71. The summed E-state index contributed by atoms with van der Waals surface area (Å²) in [5.74, 6) is 1.38. The predicted molar refractivity (Wildman–Crippen MR) is 87.2 cm³/mol. The van der Waals surface area contributed by atoms with Crippen LogP contribution in [0, 0.1) is 0 Å². The second-order valence-electron chi connectivity index (χ2n) is 4.75. The van der Waals surface area contributed by atoms with E-state index in [0.29, 0.717) is 11.4 Å². The number of benzene rings is 3. The van der Waals surface area contributed by atoms with E-state index in [9.17, 15) is 0 Å². The van der Waals surface area contributed by atoms with Gasteiger partial charge in [-0.3, -0.25) is 0 Å². The summed E-state index contributed by atoms with van der Waals surface area (Å²) in [6, 6.07) is 23.0. The van der Waals surface area contributed by atoms with Crippen LogP contribution >= 0.6 is 0 Å². The van der Waals surface area contributed by atoms with Crippen molar-refractivity contribution >= 4 is 11.4 Å². The Kier molecular flexibility index (Phi) is 3.48. The van der Waals surface area contributed by atoms with E-state index in [1.54, 1.807) is 0 Å². The molecule has 0 saturated carbocycles.